The van der Waals surface area contributed by atoms with Crippen molar-refractivity contribution in [2.24, 2.45) is 5.92 Å². The quantitative estimate of drug-likeness (QED) is 0.388. The second-order valence-electron chi connectivity index (χ2n) is 7.73. The number of hydroxylamine groups is 1. The average molecular weight is 507 g/mol. The summed E-state index contributed by atoms with van der Waals surface area (Å²) in [5.41, 5.74) is 1.90. The van der Waals surface area contributed by atoms with Gasteiger partial charge in [0.25, 0.3) is 5.91 Å². The number of hydrogen-bond donors (Lipinski definition) is 0. The molecule has 2 aliphatic rings. The Bertz CT molecular complexity index is 1230. The molecule has 3 aromatic rings. The Labute approximate surface area is 198 Å². The van der Waals surface area contributed by atoms with Gasteiger partial charge in [-0.1, -0.05) is 58.4 Å². The van der Waals surface area contributed by atoms with Crippen LogP contribution in [-0.4, -0.2) is 31.0 Å². The van der Waals surface area contributed by atoms with Crippen molar-refractivity contribution in [1.82, 2.24) is 0 Å². The number of rotatable bonds is 4. The fraction of sp³-hybridized carbons (Fsp3) is 0.160. The van der Waals surface area contributed by atoms with Crippen LogP contribution in [-0.2, 0) is 19.2 Å². The Kier molecular flexibility index (Phi) is 5.47. The van der Waals surface area contributed by atoms with E-state index in [1.54, 1.807) is 23.3 Å². The van der Waals surface area contributed by atoms with Crippen molar-refractivity contribution >= 4 is 45.1 Å². The number of imide groups is 1. The van der Waals surface area contributed by atoms with Gasteiger partial charge in [-0.25, -0.2) is 14.8 Å². The molecule has 0 aromatic heterocycles. The fourth-order valence-electron chi connectivity index (χ4n) is 4.40. The molecule has 0 bridgehead atoms. The van der Waals surface area contributed by atoms with E-state index in [-0.39, 0.29) is 11.3 Å². The number of halogens is 1. The summed E-state index contributed by atoms with van der Waals surface area (Å²) in [6.07, 6.45) is -1.02. The van der Waals surface area contributed by atoms with Crippen LogP contribution in [0.25, 0.3) is 0 Å². The summed E-state index contributed by atoms with van der Waals surface area (Å²) in [5, 5.41) is 1.64. The summed E-state index contributed by atoms with van der Waals surface area (Å²) < 4.78 is 5.74. The third kappa shape index (κ3) is 3.51. The number of carbonyl (C=O) groups excluding carboxylic acids is 3. The lowest BCUT2D eigenvalue weighted by Gasteiger charge is -2.29. The first-order valence-corrected chi connectivity index (χ1v) is 11.1. The van der Waals surface area contributed by atoms with Crippen LogP contribution in [0.2, 0.25) is 0 Å². The highest BCUT2D eigenvalue weighted by Gasteiger charge is 2.60. The molecule has 7 nitrogen and oxygen atoms in total. The zero-order valence-corrected chi connectivity index (χ0v) is 19.1. The van der Waals surface area contributed by atoms with Gasteiger partial charge < -0.3 is 4.74 Å². The van der Waals surface area contributed by atoms with Crippen molar-refractivity contribution in [3.63, 3.8) is 0 Å². The average Bonchev–Trinajstić information content (AvgIpc) is 3.35. The maximum atomic E-state index is 13.7. The summed E-state index contributed by atoms with van der Waals surface area (Å²) in [7, 11) is 1.26. The number of hydrogen-bond acceptors (Lipinski definition) is 6. The van der Waals surface area contributed by atoms with E-state index in [2.05, 4.69) is 15.9 Å². The maximum Gasteiger partial charge on any atom is 0.339 e. The molecule has 0 saturated carbocycles. The summed E-state index contributed by atoms with van der Waals surface area (Å²) in [6.45, 7) is 0. The van der Waals surface area contributed by atoms with E-state index < -0.39 is 35.8 Å². The molecule has 33 heavy (non-hydrogen) atoms. The van der Waals surface area contributed by atoms with Gasteiger partial charge in [-0.3, -0.25) is 14.4 Å². The minimum Gasteiger partial charge on any atom is -0.465 e. The molecule has 2 fully saturated rings. The van der Waals surface area contributed by atoms with Gasteiger partial charge in [0.2, 0.25) is 5.91 Å². The Hall–Kier alpha value is -3.49. The zero-order valence-electron chi connectivity index (χ0n) is 17.6. The van der Waals surface area contributed by atoms with E-state index in [1.165, 1.54) is 13.2 Å². The molecule has 5 rings (SSSR count). The lowest BCUT2D eigenvalue weighted by molar-refractivity contribution is -0.126. The van der Waals surface area contributed by atoms with E-state index in [0.29, 0.717) is 0 Å². The van der Waals surface area contributed by atoms with Gasteiger partial charge in [-0.05, 0) is 42.0 Å². The molecular formula is C25H19BrN2O5. The van der Waals surface area contributed by atoms with Crippen LogP contribution >= 0.6 is 15.9 Å². The molecule has 0 unspecified atom stereocenters. The molecule has 0 radical (unpaired) electrons. The normalized spacial score (nSPS) is 21.9. The Morgan fingerprint density at radius 1 is 0.909 bits per heavy atom. The van der Waals surface area contributed by atoms with Crippen molar-refractivity contribution in [2.45, 2.75) is 12.1 Å². The molecule has 2 aliphatic heterocycles. The number of carbonyl (C=O) groups is 3. The minimum absolute atomic E-state index is 0.141. The Morgan fingerprint density at radius 2 is 1.58 bits per heavy atom. The van der Waals surface area contributed by atoms with Crippen LogP contribution in [0.15, 0.2) is 83.3 Å². The second kappa shape index (κ2) is 8.46. The van der Waals surface area contributed by atoms with Gasteiger partial charge in [-0.15, -0.1) is 0 Å². The summed E-state index contributed by atoms with van der Waals surface area (Å²) >= 11 is 3.44. The van der Waals surface area contributed by atoms with Crippen molar-refractivity contribution in [3.05, 3.63) is 94.5 Å². The number of benzene rings is 3. The third-order valence-electron chi connectivity index (χ3n) is 5.89. The van der Waals surface area contributed by atoms with Crippen LogP contribution in [0, 0.1) is 5.92 Å². The SMILES string of the molecule is COC(=O)c1ccccc1N1C(=O)[C@H]2[C@@H](ON(c3ccccc3)[C@H]2c2ccc(Br)cc2)C1=O. The molecule has 2 amide bonds. The Morgan fingerprint density at radius 3 is 2.27 bits per heavy atom. The molecule has 2 saturated heterocycles. The van der Waals surface area contributed by atoms with Gasteiger partial charge >= 0.3 is 5.97 Å². The van der Waals surface area contributed by atoms with E-state index in [1.807, 2.05) is 54.6 Å². The maximum absolute atomic E-state index is 13.7. The molecule has 166 valence electrons. The minimum atomic E-state index is -1.02. The second-order valence-corrected chi connectivity index (χ2v) is 8.65. The number of fused-ring (bicyclic) bond motifs is 1. The first-order chi connectivity index (χ1) is 16.0. The molecule has 0 spiro atoms. The molecule has 3 aromatic carbocycles. The van der Waals surface area contributed by atoms with Crippen molar-refractivity contribution < 1.29 is 24.0 Å². The standard InChI is InChI=1S/C25H19BrN2O5/c1-32-25(31)18-9-5-6-10-19(18)27-23(29)20-21(15-11-13-16(26)14-12-15)28(33-22(20)24(27)30)17-7-3-2-4-8-17/h2-14,20-22H,1H3/t20-,21+,22-/m1/s1. The topological polar surface area (TPSA) is 76.2 Å². The molecule has 3 atom stereocenters. The van der Waals surface area contributed by atoms with Crippen LogP contribution in [0.3, 0.4) is 0 Å². The Balaban J connectivity index is 1.59. The highest BCUT2D eigenvalue weighted by Crippen LogP contribution is 2.48. The first kappa shape index (κ1) is 21.4. The molecule has 0 aliphatic carbocycles. The molecule has 0 N–H and O–H groups in total. The number of ether oxygens (including phenoxy) is 1. The molecule has 8 heteroatoms. The van der Waals surface area contributed by atoms with Gasteiger partial charge in [0, 0.05) is 4.47 Å². The van der Waals surface area contributed by atoms with Crippen molar-refractivity contribution in [1.29, 1.82) is 0 Å². The van der Waals surface area contributed by atoms with E-state index in [4.69, 9.17) is 9.57 Å². The van der Waals surface area contributed by atoms with E-state index >= 15 is 0 Å². The summed E-state index contributed by atoms with van der Waals surface area (Å²) in [4.78, 5) is 46.7. The van der Waals surface area contributed by atoms with Gasteiger partial charge in [0.15, 0.2) is 6.10 Å². The zero-order chi connectivity index (χ0) is 23.1. The lowest BCUT2D eigenvalue weighted by atomic mass is 9.90. The van der Waals surface area contributed by atoms with Gasteiger partial charge in [0.05, 0.1) is 30.1 Å². The van der Waals surface area contributed by atoms with Crippen LogP contribution < -0.4 is 9.96 Å². The predicted octanol–water partition coefficient (Wildman–Crippen LogP) is 4.29. The number of methoxy groups -OCH3 is 1. The van der Waals surface area contributed by atoms with E-state index in [9.17, 15) is 14.4 Å². The highest BCUT2D eigenvalue weighted by atomic mass is 79.9. The smallest absolute Gasteiger partial charge is 0.339 e. The van der Waals surface area contributed by atoms with Gasteiger partial charge in [-0.2, -0.15) is 0 Å². The number of esters is 1. The highest BCUT2D eigenvalue weighted by molar-refractivity contribution is 9.10. The van der Waals surface area contributed by atoms with E-state index in [0.717, 1.165) is 20.6 Å². The van der Waals surface area contributed by atoms with Crippen molar-refractivity contribution in [3.8, 4) is 0 Å². The van der Waals surface area contributed by atoms with Crippen molar-refractivity contribution in [2.75, 3.05) is 17.1 Å². The van der Waals surface area contributed by atoms with Gasteiger partial charge in [0.1, 0.15) is 5.92 Å². The molecule has 2 heterocycles. The van der Waals surface area contributed by atoms with Crippen LogP contribution in [0.5, 0.6) is 0 Å². The third-order valence-corrected chi connectivity index (χ3v) is 6.42. The number of amides is 2. The number of para-hydroxylation sites is 2. The lowest BCUT2D eigenvalue weighted by Crippen LogP contribution is -2.38. The van der Waals surface area contributed by atoms with Crippen LogP contribution in [0.4, 0.5) is 11.4 Å². The van der Waals surface area contributed by atoms with Crippen LogP contribution in [0.1, 0.15) is 22.0 Å². The molecular weight excluding hydrogens is 488 g/mol. The summed E-state index contributed by atoms with van der Waals surface area (Å²) in [5.74, 6) is -2.35. The predicted molar refractivity (Wildman–Crippen MR) is 124 cm³/mol. The first-order valence-electron chi connectivity index (χ1n) is 10.3. The largest absolute Gasteiger partial charge is 0.465 e. The monoisotopic (exact) mass is 506 g/mol. The number of nitrogens with zero attached hydrogens (tertiary/aromatic N) is 2. The number of anilines is 2. The summed E-state index contributed by atoms with van der Waals surface area (Å²) in [6, 6.07) is 22.8. The fourth-order valence-corrected chi connectivity index (χ4v) is 4.67.